The molecule has 0 saturated heterocycles. The van der Waals surface area contributed by atoms with Crippen LogP contribution in [0.4, 0.5) is 4.39 Å². The fourth-order valence-corrected chi connectivity index (χ4v) is 1.11. The lowest BCUT2D eigenvalue weighted by Crippen LogP contribution is -2.10. The minimum Gasteiger partial charge on any atom is -0.245 e. The molecule has 1 fully saturated rings. The van der Waals surface area contributed by atoms with Crippen molar-refractivity contribution in [2.45, 2.75) is 31.5 Å². The first-order valence-corrected chi connectivity index (χ1v) is 3.05. The van der Waals surface area contributed by atoms with Gasteiger partial charge in [-0.2, -0.15) is 4.99 Å². The molecule has 9 heavy (non-hydrogen) atoms. The minimum absolute atomic E-state index is 0.387. The highest BCUT2D eigenvalue weighted by molar-refractivity contribution is 5.33. The highest BCUT2D eigenvalue weighted by atomic mass is 19.1. The number of alkyl halides is 1. The average molecular weight is 129 g/mol. The smallest absolute Gasteiger partial charge is 0.235 e. The molecular weight excluding hydrogens is 121 g/mol. The van der Waals surface area contributed by atoms with E-state index in [0.717, 1.165) is 6.42 Å². The third-order valence-corrected chi connectivity index (χ3v) is 1.62. The van der Waals surface area contributed by atoms with Crippen molar-refractivity contribution in [1.29, 1.82) is 0 Å². The summed E-state index contributed by atoms with van der Waals surface area (Å²) >= 11 is 0. The molecule has 50 valence electrons. The largest absolute Gasteiger partial charge is 0.245 e. The number of aliphatic imine (C=N–C) groups is 1. The maximum absolute atomic E-state index is 12.5. The zero-order valence-corrected chi connectivity index (χ0v) is 5.01. The van der Waals surface area contributed by atoms with E-state index in [1.165, 1.54) is 6.08 Å². The third kappa shape index (κ3) is 1.36. The Labute approximate surface area is 52.8 Å². The number of nitrogens with zero attached hydrogens (tertiary/aromatic N) is 1. The van der Waals surface area contributed by atoms with E-state index in [0.29, 0.717) is 12.8 Å². The molecule has 1 saturated carbocycles. The van der Waals surface area contributed by atoms with E-state index in [4.69, 9.17) is 0 Å². The van der Waals surface area contributed by atoms with Crippen LogP contribution < -0.4 is 0 Å². The second-order valence-electron chi connectivity index (χ2n) is 2.23. The Hall–Kier alpha value is -0.690. The molecule has 1 rings (SSSR count). The summed E-state index contributed by atoms with van der Waals surface area (Å²) in [6.07, 6.45) is 2.58. The summed E-state index contributed by atoms with van der Waals surface area (Å²) in [4.78, 5) is 13.0. The number of isocyanates is 1. The van der Waals surface area contributed by atoms with Crippen LogP contribution in [0.5, 0.6) is 0 Å². The van der Waals surface area contributed by atoms with Gasteiger partial charge in [0, 0.05) is 0 Å². The molecule has 2 atom stereocenters. The molecule has 0 heterocycles. The molecule has 0 aliphatic heterocycles. The Morgan fingerprint density at radius 1 is 1.56 bits per heavy atom. The zero-order chi connectivity index (χ0) is 6.69. The van der Waals surface area contributed by atoms with Crippen molar-refractivity contribution in [2.75, 3.05) is 0 Å². The van der Waals surface area contributed by atoms with Gasteiger partial charge in [0.1, 0.15) is 6.17 Å². The van der Waals surface area contributed by atoms with Crippen LogP contribution in [0.3, 0.4) is 0 Å². The summed E-state index contributed by atoms with van der Waals surface area (Å²) in [7, 11) is 0. The SMILES string of the molecule is O=C=NC1CCCC1F. The van der Waals surface area contributed by atoms with Gasteiger partial charge in [0.05, 0.1) is 6.04 Å². The maximum Gasteiger partial charge on any atom is 0.235 e. The van der Waals surface area contributed by atoms with Crippen LogP contribution >= 0.6 is 0 Å². The van der Waals surface area contributed by atoms with E-state index in [9.17, 15) is 9.18 Å². The molecule has 1 aliphatic rings. The van der Waals surface area contributed by atoms with Gasteiger partial charge in [0.15, 0.2) is 0 Å². The van der Waals surface area contributed by atoms with Crippen molar-refractivity contribution in [1.82, 2.24) is 0 Å². The number of hydrogen-bond acceptors (Lipinski definition) is 2. The molecule has 3 heteroatoms. The predicted molar refractivity (Wildman–Crippen MR) is 30.7 cm³/mol. The average Bonchev–Trinajstić information content (AvgIpc) is 2.18. The highest BCUT2D eigenvalue weighted by Crippen LogP contribution is 2.23. The second-order valence-corrected chi connectivity index (χ2v) is 2.23. The summed E-state index contributed by atoms with van der Waals surface area (Å²) < 4.78 is 12.5. The van der Waals surface area contributed by atoms with Crippen molar-refractivity contribution in [3.63, 3.8) is 0 Å². The minimum atomic E-state index is -0.897. The van der Waals surface area contributed by atoms with Crippen molar-refractivity contribution in [3.05, 3.63) is 0 Å². The molecule has 0 bridgehead atoms. The monoisotopic (exact) mass is 129 g/mol. The highest BCUT2D eigenvalue weighted by Gasteiger charge is 2.25. The lowest BCUT2D eigenvalue weighted by atomic mass is 10.2. The number of hydrogen-bond donors (Lipinski definition) is 0. The molecule has 0 radical (unpaired) electrons. The summed E-state index contributed by atoms with van der Waals surface area (Å²) in [5.41, 5.74) is 0. The maximum atomic E-state index is 12.5. The molecular formula is C6H8FNO. The van der Waals surface area contributed by atoms with E-state index in [1.807, 2.05) is 0 Å². The molecule has 0 spiro atoms. The molecule has 1 aliphatic carbocycles. The lowest BCUT2D eigenvalue weighted by Gasteiger charge is -2.00. The number of halogens is 1. The molecule has 0 aromatic rings. The molecule has 2 nitrogen and oxygen atoms in total. The predicted octanol–water partition coefficient (Wildman–Crippen LogP) is 1.21. The summed E-state index contributed by atoms with van der Waals surface area (Å²) in [6.45, 7) is 0. The van der Waals surface area contributed by atoms with E-state index >= 15 is 0 Å². The van der Waals surface area contributed by atoms with Gasteiger partial charge in [0.2, 0.25) is 6.08 Å². The van der Waals surface area contributed by atoms with E-state index in [-0.39, 0.29) is 6.04 Å². The van der Waals surface area contributed by atoms with Gasteiger partial charge in [-0.3, -0.25) is 0 Å². The lowest BCUT2D eigenvalue weighted by molar-refractivity contribution is 0.313. The Bertz CT molecular complexity index is 142. The fourth-order valence-electron chi connectivity index (χ4n) is 1.11. The van der Waals surface area contributed by atoms with Crippen molar-refractivity contribution in [3.8, 4) is 0 Å². The van der Waals surface area contributed by atoms with Gasteiger partial charge in [-0.25, -0.2) is 9.18 Å². The quantitative estimate of drug-likeness (QED) is 0.386. The molecule has 0 aromatic carbocycles. The third-order valence-electron chi connectivity index (χ3n) is 1.62. The Morgan fingerprint density at radius 3 is 2.78 bits per heavy atom. The first-order chi connectivity index (χ1) is 4.34. The Morgan fingerprint density at radius 2 is 2.33 bits per heavy atom. The summed E-state index contributed by atoms with van der Waals surface area (Å²) in [5, 5.41) is 0. The van der Waals surface area contributed by atoms with Gasteiger partial charge in [-0.15, -0.1) is 0 Å². The second kappa shape index (κ2) is 2.74. The van der Waals surface area contributed by atoms with Gasteiger partial charge in [-0.1, -0.05) is 0 Å². The fraction of sp³-hybridized carbons (Fsp3) is 0.833. The van der Waals surface area contributed by atoms with Crippen molar-refractivity contribution < 1.29 is 9.18 Å². The van der Waals surface area contributed by atoms with Gasteiger partial charge in [0.25, 0.3) is 0 Å². The van der Waals surface area contributed by atoms with E-state index in [1.54, 1.807) is 0 Å². The standard InChI is InChI=1S/C6H8FNO/c7-5-2-1-3-6(5)8-4-9/h5-6H,1-3H2. The summed E-state index contributed by atoms with van der Waals surface area (Å²) in [6, 6.07) is -0.387. The van der Waals surface area contributed by atoms with Crippen molar-refractivity contribution >= 4 is 6.08 Å². The zero-order valence-electron chi connectivity index (χ0n) is 5.01. The van der Waals surface area contributed by atoms with Crippen LogP contribution in [-0.2, 0) is 4.79 Å². The topological polar surface area (TPSA) is 29.4 Å². The van der Waals surface area contributed by atoms with Gasteiger partial charge in [-0.05, 0) is 19.3 Å². The Balaban J connectivity index is 2.49. The number of carbonyl (C=O) groups excluding carboxylic acids is 1. The van der Waals surface area contributed by atoms with Crippen LogP contribution in [0.15, 0.2) is 4.99 Å². The van der Waals surface area contributed by atoms with Crippen LogP contribution in [0, 0.1) is 0 Å². The van der Waals surface area contributed by atoms with Crippen LogP contribution in [-0.4, -0.2) is 18.3 Å². The van der Waals surface area contributed by atoms with Crippen LogP contribution in [0.1, 0.15) is 19.3 Å². The van der Waals surface area contributed by atoms with E-state index < -0.39 is 6.17 Å². The van der Waals surface area contributed by atoms with E-state index in [2.05, 4.69) is 4.99 Å². The van der Waals surface area contributed by atoms with Gasteiger partial charge < -0.3 is 0 Å². The normalized spacial score (nSPS) is 33.9. The van der Waals surface area contributed by atoms with Crippen molar-refractivity contribution in [2.24, 2.45) is 4.99 Å². The van der Waals surface area contributed by atoms with Gasteiger partial charge >= 0.3 is 0 Å². The number of rotatable bonds is 1. The molecule has 0 amide bonds. The first kappa shape index (κ1) is 6.43. The molecule has 2 unspecified atom stereocenters. The molecule has 0 aromatic heterocycles. The van der Waals surface area contributed by atoms with Crippen LogP contribution in [0.2, 0.25) is 0 Å². The van der Waals surface area contributed by atoms with Crippen LogP contribution in [0.25, 0.3) is 0 Å². The first-order valence-electron chi connectivity index (χ1n) is 3.05. The molecule has 0 N–H and O–H groups in total. The summed E-state index contributed by atoms with van der Waals surface area (Å²) in [5.74, 6) is 0. The Kier molecular flexibility index (Phi) is 1.96.